The molecule has 4 nitrogen and oxygen atoms in total. The van der Waals surface area contributed by atoms with E-state index in [9.17, 15) is 9.59 Å². The highest BCUT2D eigenvalue weighted by molar-refractivity contribution is 6.23. The van der Waals surface area contributed by atoms with Crippen molar-refractivity contribution >= 4 is 12.2 Å². The molecule has 4 heteroatoms. The number of benzene rings is 1. The lowest BCUT2D eigenvalue weighted by molar-refractivity contribution is -0.131. The Morgan fingerprint density at radius 3 is 2.59 bits per heavy atom. The first kappa shape index (κ1) is 13.2. The molecule has 92 valence electrons. The fourth-order valence-corrected chi connectivity index (χ4v) is 1.60. The number of methoxy groups -OCH3 is 1. The number of amides is 1. The summed E-state index contributed by atoms with van der Waals surface area (Å²) in [4.78, 5) is 20.9. The molecule has 0 aliphatic heterocycles. The number of carbonyl (C=O) groups excluding carboxylic acids is 2. The normalized spacial score (nSPS) is 9.82. The van der Waals surface area contributed by atoms with E-state index >= 15 is 0 Å². The van der Waals surface area contributed by atoms with Crippen LogP contribution in [0.1, 0.15) is 16.7 Å². The average molecular weight is 235 g/mol. The van der Waals surface area contributed by atoms with Crippen molar-refractivity contribution in [2.45, 2.75) is 20.3 Å². The summed E-state index contributed by atoms with van der Waals surface area (Å²) in [7, 11) is 1.62. The Morgan fingerprint density at radius 2 is 2.00 bits per heavy atom. The van der Waals surface area contributed by atoms with Gasteiger partial charge in [-0.05, 0) is 43.0 Å². The van der Waals surface area contributed by atoms with Gasteiger partial charge in [0.2, 0.25) is 6.29 Å². The van der Waals surface area contributed by atoms with Crippen molar-refractivity contribution in [3.05, 3.63) is 28.8 Å². The van der Waals surface area contributed by atoms with Gasteiger partial charge in [-0.2, -0.15) is 0 Å². The van der Waals surface area contributed by atoms with Crippen LogP contribution in [0.15, 0.2) is 12.1 Å². The van der Waals surface area contributed by atoms with Crippen molar-refractivity contribution in [1.82, 2.24) is 5.32 Å². The molecule has 0 heterocycles. The molecule has 0 aliphatic rings. The molecule has 0 unspecified atom stereocenters. The lowest BCUT2D eigenvalue weighted by Crippen LogP contribution is -2.26. The number of hydrogen-bond donors (Lipinski definition) is 1. The Bertz CT molecular complexity index is 427. The summed E-state index contributed by atoms with van der Waals surface area (Å²) in [6.45, 7) is 4.48. The van der Waals surface area contributed by atoms with Crippen LogP contribution in [-0.2, 0) is 16.0 Å². The van der Waals surface area contributed by atoms with Gasteiger partial charge in [-0.25, -0.2) is 0 Å². The second kappa shape index (κ2) is 6.03. The van der Waals surface area contributed by atoms with E-state index in [4.69, 9.17) is 4.74 Å². The summed E-state index contributed by atoms with van der Waals surface area (Å²) in [5, 5.41) is 2.50. The second-order valence-corrected chi connectivity index (χ2v) is 3.91. The van der Waals surface area contributed by atoms with Gasteiger partial charge in [0.1, 0.15) is 5.75 Å². The molecule has 1 rings (SSSR count). The lowest BCUT2D eigenvalue weighted by atomic mass is 10.0. The second-order valence-electron chi connectivity index (χ2n) is 3.91. The van der Waals surface area contributed by atoms with Crippen LogP contribution in [0.3, 0.4) is 0 Å². The minimum absolute atomic E-state index is 0.275. The smallest absolute Gasteiger partial charge is 0.284 e. The molecule has 17 heavy (non-hydrogen) atoms. The molecule has 0 spiro atoms. The highest BCUT2D eigenvalue weighted by atomic mass is 16.5. The summed E-state index contributed by atoms with van der Waals surface area (Å²) in [5.74, 6) is 0.223. The SMILES string of the molecule is COc1cc(C)c(C)cc1CCNC(=O)C=O. The molecule has 0 saturated heterocycles. The molecule has 0 saturated carbocycles. The average Bonchev–Trinajstić information content (AvgIpc) is 2.32. The van der Waals surface area contributed by atoms with Gasteiger partial charge in [-0.3, -0.25) is 9.59 Å². The zero-order valence-corrected chi connectivity index (χ0v) is 10.4. The number of nitrogens with one attached hydrogen (secondary N) is 1. The number of aldehydes is 1. The Labute approximate surface area is 101 Å². The van der Waals surface area contributed by atoms with Crippen LogP contribution in [0.2, 0.25) is 0 Å². The molecule has 0 atom stereocenters. The van der Waals surface area contributed by atoms with Gasteiger partial charge in [-0.15, -0.1) is 0 Å². The molecule has 1 N–H and O–H groups in total. The number of carbonyl (C=O) groups is 2. The van der Waals surface area contributed by atoms with Gasteiger partial charge in [-0.1, -0.05) is 6.07 Å². The third kappa shape index (κ3) is 3.59. The fraction of sp³-hybridized carbons (Fsp3) is 0.385. The number of rotatable bonds is 5. The van der Waals surface area contributed by atoms with Gasteiger partial charge in [0.15, 0.2) is 0 Å². The first-order valence-electron chi connectivity index (χ1n) is 5.45. The van der Waals surface area contributed by atoms with E-state index in [1.54, 1.807) is 7.11 Å². The minimum Gasteiger partial charge on any atom is -0.496 e. The molecule has 0 radical (unpaired) electrons. The van der Waals surface area contributed by atoms with Crippen molar-refractivity contribution < 1.29 is 14.3 Å². The van der Waals surface area contributed by atoms with Crippen molar-refractivity contribution in [2.24, 2.45) is 0 Å². The summed E-state index contributed by atoms with van der Waals surface area (Å²) < 4.78 is 5.28. The topological polar surface area (TPSA) is 55.4 Å². The van der Waals surface area contributed by atoms with Crippen molar-refractivity contribution in [1.29, 1.82) is 0 Å². The van der Waals surface area contributed by atoms with Crippen LogP contribution in [0.5, 0.6) is 5.75 Å². The van der Waals surface area contributed by atoms with Crippen LogP contribution < -0.4 is 10.1 Å². The van der Waals surface area contributed by atoms with Crippen LogP contribution >= 0.6 is 0 Å². The van der Waals surface area contributed by atoms with E-state index in [-0.39, 0.29) is 6.29 Å². The lowest BCUT2D eigenvalue weighted by Gasteiger charge is -2.11. The Hall–Kier alpha value is -1.84. The third-order valence-electron chi connectivity index (χ3n) is 2.70. The predicted molar refractivity (Wildman–Crippen MR) is 65.2 cm³/mol. The summed E-state index contributed by atoms with van der Waals surface area (Å²) in [5.41, 5.74) is 3.38. The van der Waals surface area contributed by atoms with E-state index in [1.165, 1.54) is 11.1 Å². The van der Waals surface area contributed by atoms with Gasteiger partial charge < -0.3 is 10.1 Å². The zero-order chi connectivity index (χ0) is 12.8. The van der Waals surface area contributed by atoms with Crippen LogP contribution in [-0.4, -0.2) is 25.8 Å². The molecule has 0 aliphatic carbocycles. The largest absolute Gasteiger partial charge is 0.496 e. The van der Waals surface area contributed by atoms with Crippen LogP contribution in [0.4, 0.5) is 0 Å². The van der Waals surface area contributed by atoms with E-state index in [0.717, 1.165) is 11.3 Å². The predicted octanol–water partition coefficient (Wildman–Crippen LogP) is 1.17. The molecule has 1 amide bonds. The first-order chi connectivity index (χ1) is 8.08. The fourth-order valence-electron chi connectivity index (χ4n) is 1.60. The number of aryl methyl sites for hydroxylation is 2. The number of hydrogen-bond acceptors (Lipinski definition) is 3. The Balaban J connectivity index is 2.72. The van der Waals surface area contributed by atoms with Gasteiger partial charge in [0, 0.05) is 6.54 Å². The molecular weight excluding hydrogens is 218 g/mol. The van der Waals surface area contributed by atoms with Crippen molar-refractivity contribution in [2.75, 3.05) is 13.7 Å². The minimum atomic E-state index is -0.590. The summed E-state index contributed by atoms with van der Waals surface area (Å²) in [6.07, 6.45) is 0.918. The van der Waals surface area contributed by atoms with Crippen molar-refractivity contribution in [3.8, 4) is 5.75 Å². The third-order valence-corrected chi connectivity index (χ3v) is 2.70. The maximum atomic E-state index is 10.8. The first-order valence-corrected chi connectivity index (χ1v) is 5.45. The molecule has 0 bridgehead atoms. The molecule has 0 aromatic heterocycles. The monoisotopic (exact) mass is 235 g/mol. The molecular formula is C13H17NO3. The van der Waals surface area contributed by atoms with Crippen molar-refractivity contribution in [3.63, 3.8) is 0 Å². The quantitative estimate of drug-likeness (QED) is 0.615. The van der Waals surface area contributed by atoms with Crippen LogP contribution in [0.25, 0.3) is 0 Å². The van der Waals surface area contributed by atoms with E-state index in [1.807, 2.05) is 26.0 Å². The zero-order valence-electron chi connectivity index (χ0n) is 10.4. The van der Waals surface area contributed by atoms with E-state index in [0.29, 0.717) is 13.0 Å². The highest BCUT2D eigenvalue weighted by Crippen LogP contribution is 2.23. The standard InChI is InChI=1S/C13H17NO3/c1-9-6-11(4-5-14-13(16)8-15)12(17-3)7-10(9)2/h6-8H,4-5H2,1-3H3,(H,14,16). The summed E-state index contributed by atoms with van der Waals surface area (Å²) >= 11 is 0. The van der Waals surface area contributed by atoms with Gasteiger partial charge >= 0.3 is 0 Å². The Morgan fingerprint density at radius 1 is 1.35 bits per heavy atom. The van der Waals surface area contributed by atoms with Gasteiger partial charge in [0.05, 0.1) is 7.11 Å². The molecule has 1 aromatic rings. The van der Waals surface area contributed by atoms with E-state index < -0.39 is 5.91 Å². The van der Waals surface area contributed by atoms with E-state index in [2.05, 4.69) is 5.32 Å². The molecule has 0 fully saturated rings. The maximum Gasteiger partial charge on any atom is 0.284 e. The maximum absolute atomic E-state index is 10.8. The Kier molecular flexibility index (Phi) is 4.69. The highest BCUT2D eigenvalue weighted by Gasteiger charge is 2.06. The van der Waals surface area contributed by atoms with Crippen LogP contribution in [0, 0.1) is 13.8 Å². The van der Waals surface area contributed by atoms with Gasteiger partial charge in [0.25, 0.3) is 5.91 Å². The molecule has 1 aromatic carbocycles. The number of ether oxygens (including phenoxy) is 1. The summed E-state index contributed by atoms with van der Waals surface area (Å²) in [6, 6.07) is 4.02.